The van der Waals surface area contributed by atoms with Crippen LogP contribution in [0.4, 0.5) is 0 Å². The molecule has 0 aliphatic carbocycles. The predicted octanol–water partition coefficient (Wildman–Crippen LogP) is 1.65. The normalized spacial score (nSPS) is 12.5. The van der Waals surface area contributed by atoms with Crippen molar-refractivity contribution < 1.29 is 4.74 Å². The van der Waals surface area contributed by atoms with Gasteiger partial charge in [0.2, 0.25) is 5.88 Å². The third-order valence-corrected chi connectivity index (χ3v) is 1.85. The summed E-state index contributed by atoms with van der Waals surface area (Å²) in [7, 11) is 0. The van der Waals surface area contributed by atoms with E-state index in [1.165, 1.54) is 6.07 Å². The molecule has 1 atom stereocenters. The topological polar surface area (TPSA) is 55.0 Å². The summed E-state index contributed by atoms with van der Waals surface area (Å²) in [4.78, 5) is 17.7. The molecule has 1 aromatic rings. The minimum absolute atomic E-state index is 0.105. The van der Waals surface area contributed by atoms with E-state index in [0.29, 0.717) is 11.7 Å². The zero-order valence-corrected chi connectivity index (χ0v) is 8.83. The van der Waals surface area contributed by atoms with Crippen molar-refractivity contribution >= 4 is 0 Å². The van der Waals surface area contributed by atoms with E-state index in [-0.39, 0.29) is 11.7 Å². The lowest BCUT2D eigenvalue weighted by Gasteiger charge is -2.12. The Morgan fingerprint density at radius 1 is 1.64 bits per heavy atom. The minimum atomic E-state index is -0.170. The van der Waals surface area contributed by atoms with Gasteiger partial charge in [0, 0.05) is 0 Å². The van der Waals surface area contributed by atoms with E-state index in [0.717, 1.165) is 12.8 Å². The van der Waals surface area contributed by atoms with Crippen LogP contribution >= 0.6 is 0 Å². The van der Waals surface area contributed by atoms with Crippen LogP contribution < -0.4 is 10.3 Å². The maximum Gasteiger partial charge on any atom is 0.254 e. The van der Waals surface area contributed by atoms with Crippen LogP contribution in [0.15, 0.2) is 10.9 Å². The predicted molar refractivity (Wildman–Crippen MR) is 54.6 cm³/mol. The van der Waals surface area contributed by atoms with Crippen LogP contribution in [-0.4, -0.2) is 16.1 Å². The van der Waals surface area contributed by atoms with Crippen molar-refractivity contribution in [2.75, 3.05) is 0 Å². The molecule has 0 fully saturated rings. The van der Waals surface area contributed by atoms with Gasteiger partial charge in [-0.3, -0.25) is 4.79 Å². The molecular weight excluding hydrogens is 180 g/mol. The Morgan fingerprint density at radius 3 is 2.93 bits per heavy atom. The molecule has 0 spiro atoms. The number of hydrogen-bond donors (Lipinski definition) is 1. The Labute approximate surface area is 83.3 Å². The number of aromatic amines is 1. The fourth-order valence-corrected chi connectivity index (χ4v) is 1.28. The first kappa shape index (κ1) is 10.8. The zero-order chi connectivity index (χ0) is 10.6. The summed E-state index contributed by atoms with van der Waals surface area (Å²) in [5, 5.41) is 0. The van der Waals surface area contributed by atoms with Crippen LogP contribution in [0.2, 0.25) is 0 Å². The molecule has 1 rings (SSSR count). The molecule has 0 aromatic carbocycles. The molecule has 1 unspecified atom stereocenters. The van der Waals surface area contributed by atoms with E-state index in [1.807, 2.05) is 6.92 Å². The van der Waals surface area contributed by atoms with Gasteiger partial charge in [-0.1, -0.05) is 13.3 Å². The van der Waals surface area contributed by atoms with Gasteiger partial charge in [-0.05, 0) is 20.3 Å². The van der Waals surface area contributed by atoms with Crippen molar-refractivity contribution in [3.8, 4) is 5.88 Å². The molecule has 0 saturated carbocycles. The van der Waals surface area contributed by atoms with Crippen molar-refractivity contribution in [1.82, 2.24) is 9.97 Å². The summed E-state index contributed by atoms with van der Waals surface area (Å²) in [5.41, 5.74) is -0.170. The monoisotopic (exact) mass is 196 g/mol. The molecule has 4 nitrogen and oxygen atoms in total. The first-order valence-corrected chi connectivity index (χ1v) is 4.86. The van der Waals surface area contributed by atoms with Crippen LogP contribution in [0.3, 0.4) is 0 Å². The van der Waals surface area contributed by atoms with E-state index in [1.54, 1.807) is 6.92 Å². The quantitative estimate of drug-likeness (QED) is 0.796. The van der Waals surface area contributed by atoms with Crippen molar-refractivity contribution in [3.63, 3.8) is 0 Å². The maximum atomic E-state index is 11.1. The smallest absolute Gasteiger partial charge is 0.254 e. The van der Waals surface area contributed by atoms with Crippen molar-refractivity contribution in [1.29, 1.82) is 0 Å². The highest BCUT2D eigenvalue weighted by Crippen LogP contribution is 2.08. The van der Waals surface area contributed by atoms with Gasteiger partial charge in [-0.25, -0.2) is 4.98 Å². The average molecular weight is 196 g/mol. The maximum absolute atomic E-state index is 11.1. The Balaban J connectivity index is 2.71. The van der Waals surface area contributed by atoms with Crippen LogP contribution in [0, 0.1) is 6.92 Å². The standard InChI is InChI=1S/C10H16N2O2/c1-4-5-7(2)14-10-6-9(13)11-8(3)12-10/h6-7H,4-5H2,1-3H3,(H,11,12,13). The Kier molecular flexibility index (Phi) is 3.68. The molecule has 0 aliphatic rings. The third-order valence-electron chi connectivity index (χ3n) is 1.85. The highest BCUT2D eigenvalue weighted by atomic mass is 16.5. The molecule has 0 amide bonds. The Bertz CT molecular complexity index is 346. The van der Waals surface area contributed by atoms with E-state index in [2.05, 4.69) is 16.9 Å². The average Bonchev–Trinajstić information content (AvgIpc) is 2.01. The summed E-state index contributed by atoms with van der Waals surface area (Å²) in [6.45, 7) is 5.80. The van der Waals surface area contributed by atoms with Gasteiger partial charge in [0.25, 0.3) is 5.56 Å². The number of H-pyrrole nitrogens is 1. The van der Waals surface area contributed by atoms with Gasteiger partial charge in [-0.2, -0.15) is 0 Å². The Morgan fingerprint density at radius 2 is 2.36 bits per heavy atom. The number of aromatic nitrogens is 2. The zero-order valence-electron chi connectivity index (χ0n) is 8.83. The number of ether oxygens (including phenoxy) is 1. The number of hydrogen-bond acceptors (Lipinski definition) is 3. The molecule has 4 heteroatoms. The lowest BCUT2D eigenvalue weighted by atomic mass is 10.2. The largest absolute Gasteiger partial charge is 0.474 e. The van der Waals surface area contributed by atoms with Crippen LogP contribution in [-0.2, 0) is 0 Å². The van der Waals surface area contributed by atoms with Gasteiger partial charge in [0.05, 0.1) is 12.2 Å². The van der Waals surface area contributed by atoms with E-state index in [9.17, 15) is 4.79 Å². The van der Waals surface area contributed by atoms with Gasteiger partial charge in [0.15, 0.2) is 0 Å². The minimum Gasteiger partial charge on any atom is -0.474 e. The summed E-state index contributed by atoms with van der Waals surface area (Å²) in [6.07, 6.45) is 2.13. The lowest BCUT2D eigenvalue weighted by Crippen LogP contribution is -2.15. The van der Waals surface area contributed by atoms with Crippen molar-refractivity contribution in [2.45, 2.75) is 39.7 Å². The molecule has 0 aliphatic heterocycles. The SMILES string of the molecule is CCCC(C)Oc1cc(=O)[nH]c(C)n1. The molecule has 1 N–H and O–H groups in total. The second kappa shape index (κ2) is 4.79. The molecule has 0 bridgehead atoms. The number of aryl methyl sites for hydroxylation is 1. The third kappa shape index (κ3) is 3.20. The summed E-state index contributed by atoms with van der Waals surface area (Å²) < 4.78 is 5.49. The first-order valence-electron chi connectivity index (χ1n) is 4.86. The van der Waals surface area contributed by atoms with Crippen LogP contribution in [0.25, 0.3) is 0 Å². The first-order chi connectivity index (χ1) is 6.61. The van der Waals surface area contributed by atoms with Gasteiger partial charge in [0.1, 0.15) is 5.82 Å². The lowest BCUT2D eigenvalue weighted by molar-refractivity contribution is 0.200. The second-order valence-corrected chi connectivity index (χ2v) is 3.39. The molecular formula is C10H16N2O2. The molecule has 1 aromatic heterocycles. The number of rotatable bonds is 4. The van der Waals surface area contributed by atoms with E-state index in [4.69, 9.17) is 4.74 Å². The number of nitrogens with zero attached hydrogens (tertiary/aromatic N) is 1. The summed E-state index contributed by atoms with van der Waals surface area (Å²) in [6, 6.07) is 1.37. The molecule has 78 valence electrons. The highest BCUT2D eigenvalue weighted by Gasteiger charge is 2.04. The van der Waals surface area contributed by atoms with Gasteiger partial charge >= 0.3 is 0 Å². The fraction of sp³-hybridized carbons (Fsp3) is 0.600. The van der Waals surface area contributed by atoms with Crippen molar-refractivity contribution in [3.05, 3.63) is 22.2 Å². The van der Waals surface area contributed by atoms with Crippen LogP contribution in [0.1, 0.15) is 32.5 Å². The van der Waals surface area contributed by atoms with E-state index >= 15 is 0 Å². The Hall–Kier alpha value is -1.32. The number of nitrogens with one attached hydrogen (secondary N) is 1. The van der Waals surface area contributed by atoms with Crippen molar-refractivity contribution in [2.24, 2.45) is 0 Å². The molecule has 14 heavy (non-hydrogen) atoms. The van der Waals surface area contributed by atoms with Gasteiger partial charge < -0.3 is 9.72 Å². The second-order valence-electron chi connectivity index (χ2n) is 3.39. The summed E-state index contributed by atoms with van der Waals surface area (Å²) in [5.74, 6) is 0.989. The molecule has 0 saturated heterocycles. The summed E-state index contributed by atoms with van der Waals surface area (Å²) >= 11 is 0. The van der Waals surface area contributed by atoms with Gasteiger partial charge in [-0.15, -0.1) is 0 Å². The fourth-order valence-electron chi connectivity index (χ4n) is 1.28. The van der Waals surface area contributed by atoms with Crippen LogP contribution in [0.5, 0.6) is 5.88 Å². The molecule has 1 heterocycles. The molecule has 0 radical (unpaired) electrons. The highest BCUT2D eigenvalue weighted by molar-refractivity contribution is 5.08. The van der Waals surface area contributed by atoms with E-state index < -0.39 is 0 Å².